The third kappa shape index (κ3) is 3.40. The molecule has 0 bridgehead atoms. The monoisotopic (exact) mass is 302 g/mol. The maximum absolute atomic E-state index is 12.2. The minimum Gasteiger partial charge on any atom is -0.484 e. The smallest absolute Gasteiger partial charge is 0.260 e. The first kappa shape index (κ1) is 14.9. The molecule has 1 N–H and O–H groups in total. The molecule has 0 aromatic heterocycles. The minimum absolute atomic E-state index is 0.0514. The van der Waals surface area contributed by atoms with Gasteiger partial charge in [0.2, 0.25) is 5.91 Å². The van der Waals surface area contributed by atoms with Gasteiger partial charge in [-0.3, -0.25) is 9.59 Å². The molecular formula is C17H22N2O3. The number of aryl methyl sites for hydroxylation is 1. The molecule has 3 rings (SSSR count). The lowest BCUT2D eigenvalue weighted by atomic mass is 10.0. The molecule has 0 spiro atoms. The first-order valence-electron chi connectivity index (χ1n) is 7.95. The zero-order valence-electron chi connectivity index (χ0n) is 12.9. The lowest BCUT2D eigenvalue weighted by Crippen LogP contribution is -2.41. The van der Waals surface area contributed by atoms with Gasteiger partial charge in [0, 0.05) is 25.2 Å². The second-order valence-electron chi connectivity index (χ2n) is 6.24. The van der Waals surface area contributed by atoms with Gasteiger partial charge in [-0.05, 0) is 48.9 Å². The lowest BCUT2D eigenvalue weighted by Gasteiger charge is -2.30. The van der Waals surface area contributed by atoms with E-state index in [9.17, 15) is 9.59 Å². The summed E-state index contributed by atoms with van der Waals surface area (Å²) in [5.74, 6) is 1.37. The molecule has 1 saturated heterocycles. The molecule has 2 heterocycles. The number of piperidine rings is 1. The van der Waals surface area contributed by atoms with Gasteiger partial charge in [0.25, 0.3) is 5.91 Å². The van der Waals surface area contributed by atoms with Crippen LogP contribution in [0.5, 0.6) is 5.75 Å². The van der Waals surface area contributed by atoms with Crippen molar-refractivity contribution >= 4 is 17.5 Å². The molecule has 0 saturated carbocycles. The molecule has 0 aliphatic carbocycles. The van der Waals surface area contributed by atoms with Gasteiger partial charge in [0.15, 0.2) is 6.61 Å². The van der Waals surface area contributed by atoms with Crippen LogP contribution >= 0.6 is 0 Å². The van der Waals surface area contributed by atoms with Crippen LogP contribution in [-0.4, -0.2) is 36.4 Å². The third-order valence-corrected chi connectivity index (χ3v) is 4.34. The second kappa shape index (κ2) is 6.38. The van der Waals surface area contributed by atoms with Gasteiger partial charge in [0.1, 0.15) is 5.75 Å². The van der Waals surface area contributed by atoms with Crippen molar-refractivity contribution in [3.05, 3.63) is 23.8 Å². The Morgan fingerprint density at radius 3 is 3.09 bits per heavy atom. The summed E-state index contributed by atoms with van der Waals surface area (Å²) in [5.41, 5.74) is 1.91. The van der Waals surface area contributed by atoms with E-state index < -0.39 is 0 Å². The number of ether oxygens (including phenoxy) is 1. The summed E-state index contributed by atoms with van der Waals surface area (Å²) in [5, 5.41) is 2.84. The standard InChI is InChI=1S/C17H22N2O3/c1-12-3-2-8-19(10-12)17(21)11-22-14-5-6-15-13(9-14)4-7-16(20)18-15/h5-6,9,12H,2-4,7-8,10-11H2,1H3,(H,18,20)/t12-/m1/s1. The van der Waals surface area contributed by atoms with Gasteiger partial charge in [-0.2, -0.15) is 0 Å². The highest BCUT2D eigenvalue weighted by molar-refractivity contribution is 5.94. The summed E-state index contributed by atoms with van der Waals surface area (Å²) in [6.45, 7) is 3.93. The first-order valence-corrected chi connectivity index (χ1v) is 7.95. The highest BCUT2D eigenvalue weighted by atomic mass is 16.5. The number of likely N-dealkylation sites (tertiary alicyclic amines) is 1. The summed E-state index contributed by atoms with van der Waals surface area (Å²) in [7, 11) is 0. The number of nitrogens with zero attached hydrogens (tertiary/aromatic N) is 1. The maximum Gasteiger partial charge on any atom is 0.260 e. The van der Waals surface area contributed by atoms with Crippen LogP contribution in [0.1, 0.15) is 31.7 Å². The SMILES string of the molecule is C[C@@H]1CCCN(C(=O)COc2ccc3c(c2)CCC(=O)N3)C1. The Morgan fingerprint density at radius 1 is 1.41 bits per heavy atom. The third-order valence-electron chi connectivity index (χ3n) is 4.34. The van der Waals surface area contributed by atoms with Crippen LogP contribution in [0.2, 0.25) is 0 Å². The molecule has 5 nitrogen and oxygen atoms in total. The normalized spacial score (nSPS) is 21.0. The van der Waals surface area contributed by atoms with Crippen molar-refractivity contribution in [2.75, 3.05) is 25.0 Å². The Hall–Kier alpha value is -2.04. The molecule has 0 unspecified atom stereocenters. The van der Waals surface area contributed by atoms with Crippen molar-refractivity contribution in [1.82, 2.24) is 4.90 Å². The van der Waals surface area contributed by atoms with E-state index >= 15 is 0 Å². The van der Waals surface area contributed by atoms with Crippen LogP contribution in [0.3, 0.4) is 0 Å². The number of rotatable bonds is 3. The lowest BCUT2D eigenvalue weighted by molar-refractivity contribution is -0.135. The second-order valence-corrected chi connectivity index (χ2v) is 6.24. The molecule has 5 heteroatoms. The first-order chi connectivity index (χ1) is 10.6. The van der Waals surface area contributed by atoms with E-state index in [1.165, 1.54) is 6.42 Å². The summed E-state index contributed by atoms with van der Waals surface area (Å²) in [6.07, 6.45) is 3.49. The van der Waals surface area contributed by atoms with E-state index in [0.717, 1.165) is 37.2 Å². The van der Waals surface area contributed by atoms with Crippen LogP contribution in [0.4, 0.5) is 5.69 Å². The van der Waals surface area contributed by atoms with Gasteiger partial charge < -0.3 is 15.0 Å². The van der Waals surface area contributed by atoms with Crippen LogP contribution in [-0.2, 0) is 16.0 Å². The van der Waals surface area contributed by atoms with Crippen molar-refractivity contribution in [1.29, 1.82) is 0 Å². The molecule has 1 aromatic carbocycles. The predicted molar refractivity (Wildman–Crippen MR) is 83.9 cm³/mol. The summed E-state index contributed by atoms with van der Waals surface area (Å²) >= 11 is 0. The fourth-order valence-electron chi connectivity index (χ4n) is 3.10. The van der Waals surface area contributed by atoms with Crippen LogP contribution in [0.15, 0.2) is 18.2 Å². The minimum atomic E-state index is 0.0514. The van der Waals surface area contributed by atoms with Crippen LogP contribution in [0.25, 0.3) is 0 Å². The van der Waals surface area contributed by atoms with Gasteiger partial charge >= 0.3 is 0 Å². The van der Waals surface area contributed by atoms with Gasteiger partial charge in [-0.25, -0.2) is 0 Å². The molecule has 22 heavy (non-hydrogen) atoms. The number of nitrogens with one attached hydrogen (secondary N) is 1. The number of carbonyl (C=O) groups is 2. The molecule has 2 amide bonds. The zero-order valence-corrected chi connectivity index (χ0v) is 12.9. The fraction of sp³-hybridized carbons (Fsp3) is 0.529. The van der Waals surface area contributed by atoms with Crippen LogP contribution < -0.4 is 10.1 Å². The van der Waals surface area contributed by atoms with Crippen molar-refractivity contribution in [2.45, 2.75) is 32.6 Å². The average molecular weight is 302 g/mol. The van der Waals surface area contributed by atoms with Crippen molar-refractivity contribution < 1.29 is 14.3 Å². The van der Waals surface area contributed by atoms with Gasteiger partial charge in [-0.15, -0.1) is 0 Å². The molecule has 1 atom stereocenters. The van der Waals surface area contributed by atoms with E-state index in [0.29, 0.717) is 18.1 Å². The van der Waals surface area contributed by atoms with E-state index in [2.05, 4.69) is 12.2 Å². The molecule has 1 aromatic rings. The quantitative estimate of drug-likeness (QED) is 0.931. The molecule has 1 fully saturated rings. The fourth-order valence-corrected chi connectivity index (χ4v) is 3.10. The summed E-state index contributed by atoms with van der Waals surface area (Å²) in [6, 6.07) is 5.56. The van der Waals surface area contributed by atoms with E-state index in [-0.39, 0.29) is 18.4 Å². The van der Waals surface area contributed by atoms with E-state index in [4.69, 9.17) is 4.74 Å². The predicted octanol–water partition coefficient (Wildman–Crippen LogP) is 2.21. The van der Waals surface area contributed by atoms with E-state index in [1.54, 1.807) is 6.07 Å². The van der Waals surface area contributed by atoms with Gasteiger partial charge in [0.05, 0.1) is 0 Å². The summed E-state index contributed by atoms with van der Waals surface area (Å²) < 4.78 is 5.65. The van der Waals surface area contributed by atoms with Crippen LogP contribution in [0, 0.1) is 5.92 Å². The number of amides is 2. The maximum atomic E-state index is 12.2. The molecule has 0 radical (unpaired) electrons. The number of benzene rings is 1. The number of fused-ring (bicyclic) bond motifs is 1. The Morgan fingerprint density at radius 2 is 2.27 bits per heavy atom. The highest BCUT2D eigenvalue weighted by Gasteiger charge is 2.21. The Labute approximate surface area is 130 Å². The topological polar surface area (TPSA) is 58.6 Å². The van der Waals surface area contributed by atoms with Gasteiger partial charge in [-0.1, -0.05) is 6.92 Å². The largest absolute Gasteiger partial charge is 0.484 e. The zero-order chi connectivity index (χ0) is 15.5. The Kier molecular flexibility index (Phi) is 4.32. The van der Waals surface area contributed by atoms with Crippen molar-refractivity contribution in [3.8, 4) is 5.75 Å². The highest BCUT2D eigenvalue weighted by Crippen LogP contribution is 2.26. The number of hydrogen-bond donors (Lipinski definition) is 1. The Balaban J connectivity index is 1.57. The van der Waals surface area contributed by atoms with Crippen molar-refractivity contribution in [2.24, 2.45) is 5.92 Å². The molecular weight excluding hydrogens is 280 g/mol. The number of anilines is 1. The number of carbonyl (C=O) groups excluding carboxylic acids is 2. The number of hydrogen-bond acceptors (Lipinski definition) is 3. The summed E-state index contributed by atoms with van der Waals surface area (Å²) in [4.78, 5) is 25.4. The van der Waals surface area contributed by atoms with E-state index in [1.807, 2.05) is 17.0 Å². The average Bonchev–Trinajstić information content (AvgIpc) is 2.52. The molecule has 2 aliphatic heterocycles. The molecule has 2 aliphatic rings. The van der Waals surface area contributed by atoms with Crippen molar-refractivity contribution in [3.63, 3.8) is 0 Å². The Bertz CT molecular complexity index is 585. The molecule has 118 valence electrons.